The van der Waals surface area contributed by atoms with E-state index in [0.717, 1.165) is 11.3 Å². The van der Waals surface area contributed by atoms with Gasteiger partial charge in [-0.05, 0) is 31.4 Å². The van der Waals surface area contributed by atoms with Crippen molar-refractivity contribution in [2.24, 2.45) is 0 Å². The lowest BCUT2D eigenvalue weighted by Gasteiger charge is -2.11. The van der Waals surface area contributed by atoms with Crippen molar-refractivity contribution >= 4 is 11.4 Å². The molecule has 3 N–H and O–H groups in total. The Hall–Kier alpha value is -2.34. The molecule has 0 fully saturated rings. The van der Waals surface area contributed by atoms with E-state index in [0.29, 0.717) is 25.1 Å². The molecular weight excluding hydrogens is 270 g/mol. The number of rotatable bonds is 6. The lowest BCUT2D eigenvalue weighted by atomic mass is 10.2. The van der Waals surface area contributed by atoms with Gasteiger partial charge in [0.05, 0.1) is 0 Å². The zero-order valence-corrected chi connectivity index (χ0v) is 11.9. The van der Waals surface area contributed by atoms with Gasteiger partial charge < -0.3 is 10.4 Å². The highest BCUT2D eigenvalue weighted by Gasteiger charge is 2.06. The minimum atomic E-state index is -0.443. The first-order chi connectivity index (χ1) is 10.1. The van der Waals surface area contributed by atoms with Crippen LogP contribution in [0.25, 0.3) is 0 Å². The number of nitrogens with one attached hydrogen (secondary N) is 2. The molecular formula is C15H19N3O3. The third kappa shape index (κ3) is 3.82. The Morgan fingerprint density at radius 2 is 1.95 bits per heavy atom. The van der Waals surface area contributed by atoms with Crippen LogP contribution in [-0.4, -0.2) is 21.3 Å². The summed E-state index contributed by atoms with van der Waals surface area (Å²) in [5, 5.41) is 11.8. The van der Waals surface area contributed by atoms with Crippen LogP contribution in [0.1, 0.15) is 18.4 Å². The molecule has 21 heavy (non-hydrogen) atoms. The minimum absolute atomic E-state index is 0.0897. The molecule has 112 valence electrons. The van der Waals surface area contributed by atoms with Gasteiger partial charge in [0, 0.05) is 25.0 Å². The number of aryl methyl sites for hydroxylation is 2. The molecule has 0 radical (unpaired) electrons. The van der Waals surface area contributed by atoms with Gasteiger partial charge in [0.15, 0.2) is 0 Å². The summed E-state index contributed by atoms with van der Waals surface area (Å²) in [5.41, 5.74) is 1.28. The lowest BCUT2D eigenvalue weighted by molar-refractivity contribution is 0.281. The molecule has 0 atom stereocenters. The fraction of sp³-hybridized carbons (Fsp3) is 0.333. The van der Waals surface area contributed by atoms with Crippen LogP contribution in [0.4, 0.5) is 11.4 Å². The van der Waals surface area contributed by atoms with E-state index < -0.39 is 11.2 Å². The van der Waals surface area contributed by atoms with Crippen molar-refractivity contribution in [2.75, 3.05) is 11.9 Å². The summed E-state index contributed by atoms with van der Waals surface area (Å²) in [5.74, 6) is 0. The maximum atomic E-state index is 11.9. The zero-order valence-electron chi connectivity index (χ0n) is 11.9. The molecule has 1 aromatic heterocycles. The summed E-state index contributed by atoms with van der Waals surface area (Å²) in [4.78, 5) is 25.9. The molecule has 0 spiro atoms. The number of benzene rings is 1. The number of hydrogen-bond donors (Lipinski definition) is 3. The smallest absolute Gasteiger partial charge is 0.328 e. The molecule has 0 aliphatic heterocycles. The quantitative estimate of drug-likeness (QED) is 0.701. The molecule has 0 bridgehead atoms. The summed E-state index contributed by atoms with van der Waals surface area (Å²) >= 11 is 0. The first-order valence-electron chi connectivity index (χ1n) is 6.89. The van der Waals surface area contributed by atoms with Crippen molar-refractivity contribution in [3.8, 4) is 0 Å². The topological polar surface area (TPSA) is 87.1 Å². The van der Waals surface area contributed by atoms with Crippen molar-refractivity contribution in [3.63, 3.8) is 0 Å². The Morgan fingerprint density at radius 3 is 2.67 bits per heavy atom. The van der Waals surface area contributed by atoms with Gasteiger partial charge >= 0.3 is 5.69 Å². The Bertz CT molecular complexity index is 719. The first-order valence-corrected chi connectivity index (χ1v) is 6.89. The molecule has 0 aliphatic rings. The third-order valence-corrected chi connectivity index (χ3v) is 3.23. The second-order valence-corrected chi connectivity index (χ2v) is 4.87. The molecule has 0 aliphatic carbocycles. The first kappa shape index (κ1) is 15.1. The standard InChI is InChI=1S/C15H19N3O3/c1-11-6-2-3-7-12(11)16-13-10-18(8-4-5-9-19)15(21)17-14(13)20/h2-3,6-7,10,16,19H,4-5,8-9H2,1H3,(H,17,20,21). The van der Waals surface area contributed by atoms with Gasteiger partial charge in [-0.25, -0.2) is 4.79 Å². The molecule has 1 aromatic carbocycles. The van der Waals surface area contributed by atoms with Crippen molar-refractivity contribution in [2.45, 2.75) is 26.3 Å². The number of aliphatic hydroxyl groups excluding tert-OH is 1. The highest BCUT2D eigenvalue weighted by Crippen LogP contribution is 2.16. The van der Waals surface area contributed by atoms with E-state index in [-0.39, 0.29) is 6.61 Å². The van der Waals surface area contributed by atoms with Crippen LogP contribution >= 0.6 is 0 Å². The zero-order chi connectivity index (χ0) is 15.2. The van der Waals surface area contributed by atoms with Crippen LogP contribution in [0.2, 0.25) is 0 Å². The van der Waals surface area contributed by atoms with E-state index in [1.165, 1.54) is 10.8 Å². The molecule has 0 unspecified atom stereocenters. The van der Waals surface area contributed by atoms with Crippen molar-refractivity contribution < 1.29 is 5.11 Å². The number of aliphatic hydroxyl groups is 1. The van der Waals surface area contributed by atoms with Gasteiger partial charge in [-0.2, -0.15) is 0 Å². The van der Waals surface area contributed by atoms with Gasteiger partial charge in [-0.3, -0.25) is 14.3 Å². The fourth-order valence-electron chi connectivity index (χ4n) is 2.02. The highest BCUT2D eigenvalue weighted by molar-refractivity contribution is 5.61. The molecule has 0 saturated carbocycles. The Labute approximate surface area is 122 Å². The number of anilines is 2. The average Bonchev–Trinajstić information content (AvgIpc) is 2.46. The summed E-state index contributed by atoms with van der Waals surface area (Å²) in [7, 11) is 0. The second-order valence-electron chi connectivity index (χ2n) is 4.87. The van der Waals surface area contributed by atoms with E-state index in [2.05, 4.69) is 10.3 Å². The number of unbranched alkanes of at least 4 members (excludes halogenated alkanes) is 1. The van der Waals surface area contributed by atoms with E-state index >= 15 is 0 Å². The number of aromatic nitrogens is 2. The molecule has 6 heteroatoms. The normalized spacial score (nSPS) is 10.6. The maximum absolute atomic E-state index is 11.9. The number of nitrogens with zero attached hydrogens (tertiary/aromatic N) is 1. The summed E-state index contributed by atoms with van der Waals surface area (Å²) in [6, 6.07) is 7.60. The minimum Gasteiger partial charge on any atom is -0.396 e. The second kappa shape index (κ2) is 6.90. The van der Waals surface area contributed by atoms with Gasteiger partial charge in [0.1, 0.15) is 5.69 Å². The van der Waals surface area contributed by atoms with Crippen molar-refractivity contribution in [3.05, 3.63) is 56.9 Å². The van der Waals surface area contributed by atoms with Crippen LogP contribution < -0.4 is 16.6 Å². The third-order valence-electron chi connectivity index (χ3n) is 3.23. The van der Waals surface area contributed by atoms with Crippen LogP contribution in [-0.2, 0) is 6.54 Å². The molecule has 0 amide bonds. The maximum Gasteiger partial charge on any atom is 0.328 e. The van der Waals surface area contributed by atoms with Crippen LogP contribution in [0.5, 0.6) is 0 Å². The number of aromatic amines is 1. The molecule has 2 rings (SSSR count). The predicted molar refractivity (Wildman–Crippen MR) is 82.1 cm³/mol. The highest BCUT2D eigenvalue weighted by atomic mass is 16.3. The van der Waals surface area contributed by atoms with Gasteiger partial charge in [-0.15, -0.1) is 0 Å². The number of hydrogen-bond acceptors (Lipinski definition) is 4. The number of H-pyrrole nitrogens is 1. The van der Waals surface area contributed by atoms with Crippen LogP contribution in [0.3, 0.4) is 0 Å². The molecule has 6 nitrogen and oxygen atoms in total. The van der Waals surface area contributed by atoms with Gasteiger partial charge in [-0.1, -0.05) is 18.2 Å². The SMILES string of the molecule is Cc1ccccc1Nc1cn(CCCCO)c(=O)[nH]c1=O. The van der Waals surface area contributed by atoms with Gasteiger partial charge in [0.2, 0.25) is 0 Å². The van der Waals surface area contributed by atoms with E-state index in [1.807, 2.05) is 31.2 Å². The predicted octanol–water partition coefficient (Wildman–Crippen LogP) is 1.36. The van der Waals surface area contributed by atoms with Crippen molar-refractivity contribution in [1.82, 2.24) is 9.55 Å². The van der Waals surface area contributed by atoms with E-state index in [4.69, 9.17) is 5.11 Å². The number of para-hydroxylation sites is 1. The van der Waals surface area contributed by atoms with E-state index in [1.54, 1.807) is 0 Å². The summed E-state index contributed by atoms with van der Waals surface area (Å²) < 4.78 is 1.44. The van der Waals surface area contributed by atoms with Crippen molar-refractivity contribution in [1.29, 1.82) is 0 Å². The Kier molecular flexibility index (Phi) is 4.94. The van der Waals surface area contributed by atoms with Crippen LogP contribution in [0, 0.1) is 6.92 Å². The largest absolute Gasteiger partial charge is 0.396 e. The van der Waals surface area contributed by atoms with Crippen LogP contribution in [0.15, 0.2) is 40.1 Å². The lowest BCUT2D eigenvalue weighted by Crippen LogP contribution is -2.31. The molecule has 0 saturated heterocycles. The molecule has 1 heterocycles. The summed E-state index contributed by atoms with van der Waals surface area (Å²) in [6.07, 6.45) is 2.81. The monoisotopic (exact) mass is 289 g/mol. The summed E-state index contributed by atoms with van der Waals surface area (Å²) in [6.45, 7) is 2.48. The Balaban J connectivity index is 2.27. The fourth-order valence-corrected chi connectivity index (χ4v) is 2.02. The Morgan fingerprint density at radius 1 is 1.19 bits per heavy atom. The molecule has 2 aromatic rings. The van der Waals surface area contributed by atoms with E-state index in [9.17, 15) is 9.59 Å². The van der Waals surface area contributed by atoms with Gasteiger partial charge in [0.25, 0.3) is 5.56 Å². The average molecular weight is 289 g/mol.